The molecule has 2 aromatic carbocycles. The van der Waals surface area contributed by atoms with Gasteiger partial charge in [-0.05, 0) is 41.5 Å². The summed E-state index contributed by atoms with van der Waals surface area (Å²) in [6.07, 6.45) is 1.77. The summed E-state index contributed by atoms with van der Waals surface area (Å²) in [6.45, 7) is 1.55. The highest BCUT2D eigenvalue weighted by molar-refractivity contribution is 6.42. The summed E-state index contributed by atoms with van der Waals surface area (Å²) in [5.41, 5.74) is 2.78. The van der Waals surface area contributed by atoms with E-state index in [1.54, 1.807) is 31.5 Å². The second kappa shape index (κ2) is 9.99. The van der Waals surface area contributed by atoms with Gasteiger partial charge in [-0.15, -0.1) is 0 Å². The number of hydrogen-bond donors (Lipinski definition) is 1. The molecule has 1 N–H and O–H groups in total. The second-order valence-electron chi connectivity index (χ2n) is 6.06. The highest BCUT2D eigenvalue weighted by Gasteiger charge is 2.11. The fourth-order valence-electron chi connectivity index (χ4n) is 2.60. The van der Waals surface area contributed by atoms with Crippen molar-refractivity contribution in [2.24, 2.45) is 0 Å². The Morgan fingerprint density at radius 3 is 2.46 bits per heavy atom. The number of aromatic nitrogens is 1. The summed E-state index contributed by atoms with van der Waals surface area (Å²) < 4.78 is 11.3. The Bertz CT molecular complexity index is 936. The third-order valence-corrected chi connectivity index (χ3v) is 5.15. The van der Waals surface area contributed by atoms with Gasteiger partial charge in [0.25, 0.3) is 0 Å². The summed E-state index contributed by atoms with van der Waals surface area (Å²) in [4.78, 5) is 4.29. The zero-order chi connectivity index (χ0) is 19.9. The summed E-state index contributed by atoms with van der Waals surface area (Å²) in [5.74, 6) is 1.17. The maximum absolute atomic E-state index is 6.44. The van der Waals surface area contributed by atoms with E-state index in [9.17, 15) is 0 Å². The summed E-state index contributed by atoms with van der Waals surface area (Å²) in [5, 5.41) is 4.92. The summed E-state index contributed by atoms with van der Waals surface area (Å²) in [6, 6.07) is 14.8. The van der Waals surface area contributed by atoms with Crippen molar-refractivity contribution in [3.05, 3.63) is 86.6 Å². The molecule has 0 atom stereocenters. The number of halogens is 3. The van der Waals surface area contributed by atoms with E-state index in [1.807, 2.05) is 30.3 Å². The molecule has 0 saturated heterocycles. The summed E-state index contributed by atoms with van der Waals surface area (Å²) in [7, 11) is 1.60. The molecule has 0 spiro atoms. The van der Waals surface area contributed by atoms with Crippen molar-refractivity contribution in [3.63, 3.8) is 0 Å². The minimum Gasteiger partial charge on any atom is -0.493 e. The van der Waals surface area contributed by atoms with E-state index in [1.165, 1.54) is 0 Å². The van der Waals surface area contributed by atoms with Gasteiger partial charge in [-0.1, -0.05) is 46.9 Å². The molecule has 1 heterocycles. The normalized spacial score (nSPS) is 10.7. The van der Waals surface area contributed by atoms with Crippen LogP contribution < -0.4 is 14.8 Å². The number of hydrogen-bond acceptors (Lipinski definition) is 4. The Hall–Kier alpha value is -1.98. The van der Waals surface area contributed by atoms with E-state index in [2.05, 4.69) is 10.3 Å². The number of methoxy groups -OCH3 is 1. The average molecular weight is 438 g/mol. The first-order chi connectivity index (χ1) is 13.6. The molecule has 146 valence electrons. The molecule has 0 aliphatic carbocycles. The Kier molecular flexibility index (Phi) is 7.40. The first-order valence-electron chi connectivity index (χ1n) is 8.60. The van der Waals surface area contributed by atoms with Gasteiger partial charge in [-0.2, -0.15) is 0 Å². The zero-order valence-electron chi connectivity index (χ0n) is 15.2. The van der Waals surface area contributed by atoms with Gasteiger partial charge in [0.2, 0.25) is 0 Å². The largest absolute Gasteiger partial charge is 0.493 e. The molecule has 3 rings (SSSR count). The van der Waals surface area contributed by atoms with E-state index in [4.69, 9.17) is 44.3 Å². The molecule has 4 nitrogen and oxygen atoms in total. The number of ether oxygens (including phenoxy) is 2. The standard InChI is InChI=1S/C21H19Cl3N2O2/c1-27-20-9-15(11-25-12-16-4-2-3-7-26-16)18(23)10-21(20)28-13-14-5-6-17(22)19(24)8-14/h2-10,25H,11-13H2,1H3. The minimum absolute atomic E-state index is 0.320. The van der Waals surface area contributed by atoms with Crippen LogP contribution in [0.2, 0.25) is 15.1 Å². The lowest BCUT2D eigenvalue weighted by Crippen LogP contribution is -2.14. The SMILES string of the molecule is COc1cc(CNCc2ccccn2)c(Cl)cc1OCc1ccc(Cl)c(Cl)c1. The van der Waals surface area contributed by atoms with Crippen LogP contribution in [0.5, 0.6) is 11.5 Å². The van der Waals surface area contributed by atoms with Crippen molar-refractivity contribution in [1.82, 2.24) is 10.3 Å². The molecular weight excluding hydrogens is 419 g/mol. The van der Waals surface area contributed by atoms with Gasteiger partial charge >= 0.3 is 0 Å². The third kappa shape index (κ3) is 5.52. The Morgan fingerprint density at radius 2 is 1.75 bits per heavy atom. The van der Waals surface area contributed by atoms with E-state index in [0.29, 0.717) is 46.3 Å². The Labute approximate surface area is 179 Å². The highest BCUT2D eigenvalue weighted by atomic mass is 35.5. The van der Waals surface area contributed by atoms with Crippen LogP contribution in [-0.4, -0.2) is 12.1 Å². The number of benzene rings is 2. The number of rotatable bonds is 8. The monoisotopic (exact) mass is 436 g/mol. The van der Waals surface area contributed by atoms with Gasteiger partial charge in [0.15, 0.2) is 11.5 Å². The van der Waals surface area contributed by atoms with Crippen LogP contribution in [0, 0.1) is 0 Å². The second-order valence-corrected chi connectivity index (χ2v) is 7.28. The molecule has 7 heteroatoms. The van der Waals surface area contributed by atoms with E-state index in [-0.39, 0.29) is 0 Å². The van der Waals surface area contributed by atoms with Crippen LogP contribution in [0.25, 0.3) is 0 Å². The molecule has 0 unspecified atom stereocenters. The molecule has 0 radical (unpaired) electrons. The third-order valence-electron chi connectivity index (χ3n) is 4.06. The fourth-order valence-corrected chi connectivity index (χ4v) is 3.14. The van der Waals surface area contributed by atoms with Crippen LogP contribution in [0.15, 0.2) is 54.7 Å². The maximum Gasteiger partial charge on any atom is 0.163 e. The van der Waals surface area contributed by atoms with Gasteiger partial charge in [-0.25, -0.2) is 0 Å². The number of nitrogens with one attached hydrogen (secondary N) is 1. The minimum atomic E-state index is 0.320. The van der Waals surface area contributed by atoms with Gasteiger partial charge in [0, 0.05) is 30.4 Å². The van der Waals surface area contributed by atoms with Crippen molar-refractivity contribution < 1.29 is 9.47 Å². The van der Waals surface area contributed by atoms with Gasteiger partial charge in [0.05, 0.1) is 22.8 Å². The topological polar surface area (TPSA) is 43.4 Å². The molecule has 0 aliphatic heterocycles. The summed E-state index contributed by atoms with van der Waals surface area (Å²) >= 11 is 18.4. The van der Waals surface area contributed by atoms with Crippen LogP contribution in [0.4, 0.5) is 0 Å². The van der Waals surface area contributed by atoms with E-state index >= 15 is 0 Å². The average Bonchev–Trinajstić information content (AvgIpc) is 2.71. The highest BCUT2D eigenvalue weighted by Crippen LogP contribution is 2.34. The molecule has 3 aromatic rings. The van der Waals surface area contributed by atoms with Gasteiger partial charge in [0.1, 0.15) is 6.61 Å². The lowest BCUT2D eigenvalue weighted by atomic mass is 10.2. The van der Waals surface area contributed by atoms with E-state index < -0.39 is 0 Å². The number of nitrogens with zero attached hydrogens (tertiary/aromatic N) is 1. The quantitative estimate of drug-likeness (QED) is 0.475. The van der Waals surface area contributed by atoms with Gasteiger partial charge in [-0.3, -0.25) is 4.98 Å². The molecule has 0 aliphatic rings. The lowest BCUT2D eigenvalue weighted by Gasteiger charge is -2.14. The van der Waals surface area contributed by atoms with Crippen molar-refractivity contribution in [2.75, 3.05) is 7.11 Å². The van der Waals surface area contributed by atoms with Crippen LogP contribution >= 0.6 is 34.8 Å². The Morgan fingerprint density at radius 1 is 0.893 bits per heavy atom. The maximum atomic E-state index is 6.44. The van der Waals surface area contributed by atoms with Crippen molar-refractivity contribution in [2.45, 2.75) is 19.7 Å². The first-order valence-corrected chi connectivity index (χ1v) is 9.74. The molecule has 0 saturated carbocycles. The predicted octanol–water partition coefficient (Wildman–Crippen LogP) is 5.92. The van der Waals surface area contributed by atoms with Crippen LogP contribution in [0.3, 0.4) is 0 Å². The number of pyridine rings is 1. The molecule has 1 aromatic heterocycles. The Balaban J connectivity index is 1.65. The molecule has 0 amide bonds. The zero-order valence-corrected chi connectivity index (χ0v) is 17.5. The van der Waals surface area contributed by atoms with Gasteiger partial charge < -0.3 is 14.8 Å². The fraction of sp³-hybridized carbons (Fsp3) is 0.190. The molecule has 0 bridgehead atoms. The predicted molar refractivity (Wildman–Crippen MR) is 114 cm³/mol. The van der Waals surface area contributed by atoms with Crippen LogP contribution in [0.1, 0.15) is 16.8 Å². The molecular formula is C21H19Cl3N2O2. The lowest BCUT2D eigenvalue weighted by molar-refractivity contribution is 0.284. The van der Waals surface area contributed by atoms with Crippen molar-refractivity contribution in [3.8, 4) is 11.5 Å². The smallest absolute Gasteiger partial charge is 0.163 e. The first kappa shape index (κ1) is 20.7. The van der Waals surface area contributed by atoms with E-state index in [0.717, 1.165) is 16.8 Å². The van der Waals surface area contributed by atoms with Crippen molar-refractivity contribution in [1.29, 1.82) is 0 Å². The molecule has 0 fully saturated rings. The van der Waals surface area contributed by atoms with Crippen molar-refractivity contribution >= 4 is 34.8 Å². The van der Waals surface area contributed by atoms with Crippen LogP contribution in [-0.2, 0) is 19.7 Å². The molecule has 28 heavy (non-hydrogen) atoms.